The van der Waals surface area contributed by atoms with Crippen molar-refractivity contribution in [2.45, 2.75) is 6.10 Å². The first-order chi connectivity index (χ1) is 12.4. The Morgan fingerprint density at radius 3 is 2.77 bits per heavy atom. The molecule has 0 aliphatic carbocycles. The van der Waals surface area contributed by atoms with Crippen molar-refractivity contribution in [2.24, 2.45) is 10.7 Å². The van der Waals surface area contributed by atoms with Gasteiger partial charge in [0.05, 0.1) is 31.6 Å². The van der Waals surface area contributed by atoms with Crippen molar-refractivity contribution >= 4 is 35.5 Å². The van der Waals surface area contributed by atoms with Gasteiger partial charge in [-0.05, 0) is 37.1 Å². The maximum Gasteiger partial charge on any atom is 0.256 e. The molecule has 0 heterocycles. The van der Waals surface area contributed by atoms with Gasteiger partial charge in [-0.25, -0.2) is 4.39 Å². The summed E-state index contributed by atoms with van der Waals surface area (Å²) >= 11 is 4.82. The largest absolute Gasteiger partial charge is 0.474 e. The lowest BCUT2D eigenvalue weighted by molar-refractivity contribution is 0.121. The van der Waals surface area contributed by atoms with E-state index in [2.05, 4.69) is 27.7 Å². The molecular weight excluding hydrogens is 361 g/mol. The van der Waals surface area contributed by atoms with E-state index in [1.54, 1.807) is 6.07 Å². The average Bonchev–Trinajstić information content (AvgIpc) is 2.65. The smallest absolute Gasteiger partial charge is 0.256 e. The van der Waals surface area contributed by atoms with Gasteiger partial charge >= 0.3 is 0 Å². The van der Waals surface area contributed by atoms with Gasteiger partial charge in [-0.15, -0.1) is 0 Å². The Morgan fingerprint density at radius 1 is 1.46 bits per heavy atom. The van der Waals surface area contributed by atoms with Crippen LogP contribution in [0.3, 0.4) is 0 Å². The first kappa shape index (κ1) is 21.4. The summed E-state index contributed by atoms with van der Waals surface area (Å²) in [6.45, 7) is 3.04. The Balaban J connectivity index is 2.71. The lowest BCUT2D eigenvalue weighted by atomic mass is 10.2. The third-order valence-corrected chi connectivity index (χ3v) is 3.40. The first-order valence-corrected chi connectivity index (χ1v) is 7.86. The van der Waals surface area contributed by atoms with Crippen LogP contribution in [0.1, 0.15) is 0 Å². The number of aliphatic hydroxyl groups excluding tert-OH is 2. The van der Waals surface area contributed by atoms with Crippen molar-refractivity contribution in [3.63, 3.8) is 0 Å². The number of anilines is 2. The monoisotopic (exact) mass is 383 g/mol. The molecule has 8 nitrogen and oxygen atoms in total. The summed E-state index contributed by atoms with van der Waals surface area (Å²) in [7, 11) is 1.44. The standard InChI is InChI=1S/C16H22FN5O3S/c1-19-14(15(24)9-23)8-21-13-4-3-11(5-12(13)17)20-6-10(18)7-22-16(26)25-2/h3-6,8,15,20-21,23-24H,1,7,9,18H2,2H3,(H,22,26)/b10-6-,14-8-. The molecule has 26 heavy (non-hydrogen) atoms. The van der Waals surface area contributed by atoms with Gasteiger partial charge < -0.3 is 36.6 Å². The molecule has 0 aliphatic heterocycles. The van der Waals surface area contributed by atoms with Crippen LogP contribution in [-0.4, -0.2) is 48.5 Å². The highest BCUT2D eigenvalue weighted by molar-refractivity contribution is 7.80. The molecular formula is C16H22FN5O3S. The number of methoxy groups -OCH3 is 1. The molecule has 1 unspecified atom stereocenters. The number of ether oxygens (including phenoxy) is 1. The van der Waals surface area contributed by atoms with E-state index in [0.29, 0.717) is 11.4 Å². The van der Waals surface area contributed by atoms with Crippen LogP contribution in [0.4, 0.5) is 15.8 Å². The van der Waals surface area contributed by atoms with E-state index in [0.717, 1.165) is 0 Å². The van der Waals surface area contributed by atoms with Crippen molar-refractivity contribution < 1.29 is 19.3 Å². The molecule has 0 spiro atoms. The van der Waals surface area contributed by atoms with Gasteiger partial charge in [0.1, 0.15) is 11.9 Å². The molecule has 7 N–H and O–H groups in total. The Labute approximate surface area is 156 Å². The van der Waals surface area contributed by atoms with Gasteiger partial charge in [-0.1, -0.05) is 0 Å². The second-order valence-corrected chi connectivity index (χ2v) is 5.34. The molecule has 1 atom stereocenters. The SMILES string of the molecule is C=N/C(=C\Nc1ccc(N/C=C(\N)CNC(=S)OC)cc1F)C(O)CO. The number of halogens is 1. The lowest BCUT2D eigenvalue weighted by Gasteiger charge is -2.10. The molecule has 1 rings (SSSR count). The Kier molecular flexibility index (Phi) is 9.06. The van der Waals surface area contributed by atoms with Gasteiger partial charge in [0.25, 0.3) is 5.17 Å². The van der Waals surface area contributed by atoms with E-state index in [9.17, 15) is 9.50 Å². The Bertz CT molecular complexity index is 696. The van der Waals surface area contributed by atoms with Crippen LogP contribution in [0.2, 0.25) is 0 Å². The summed E-state index contributed by atoms with van der Waals surface area (Å²) in [5, 5.41) is 26.9. The first-order valence-electron chi connectivity index (χ1n) is 7.46. The summed E-state index contributed by atoms with van der Waals surface area (Å²) < 4.78 is 18.9. The highest BCUT2D eigenvalue weighted by atomic mass is 32.1. The molecule has 1 aromatic carbocycles. The number of nitrogens with two attached hydrogens (primary N) is 1. The van der Waals surface area contributed by atoms with Gasteiger partial charge in [0, 0.05) is 23.8 Å². The predicted molar refractivity (Wildman–Crippen MR) is 104 cm³/mol. The topological polar surface area (TPSA) is 124 Å². The van der Waals surface area contributed by atoms with Crippen molar-refractivity contribution in [3.8, 4) is 0 Å². The molecule has 0 radical (unpaired) electrons. The van der Waals surface area contributed by atoms with Gasteiger partial charge in [-0.2, -0.15) is 0 Å². The normalized spacial score (nSPS) is 12.9. The fraction of sp³-hybridized carbons (Fsp3) is 0.250. The maximum absolute atomic E-state index is 14.1. The lowest BCUT2D eigenvalue weighted by Crippen LogP contribution is -2.27. The number of hydrogen-bond acceptors (Lipinski definition) is 8. The minimum absolute atomic E-state index is 0.0891. The van der Waals surface area contributed by atoms with Gasteiger partial charge in [0.15, 0.2) is 0 Å². The number of rotatable bonds is 9. The van der Waals surface area contributed by atoms with E-state index in [4.69, 9.17) is 27.8 Å². The van der Waals surface area contributed by atoms with E-state index in [1.165, 1.54) is 31.6 Å². The summed E-state index contributed by atoms with van der Waals surface area (Å²) in [6, 6.07) is 4.37. The molecule has 0 amide bonds. The van der Waals surface area contributed by atoms with Crippen molar-refractivity contribution in [2.75, 3.05) is 30.9 Å². The van der Waals surface area contributed by atoms with Crippen molar-refractivity contribution in [1.82, 2.24) is 5.32 Å². The zero-order chi connectivity index (χ0) is 19.5. The molecule has 0 bridgehead atoms. The number of aliphatic hydroxyl groups is 2. The van der Waals surface area contributed by atoms with E-state index >= 15 is 0 Å². The second kappa shape index (κ2) is 11.0. The number of thiocarbonyl (C=S) groups is 1. The molecule has 0 saturated heterocycles. The van der Waals surface area contributed by atoms with Crippen molar-refractivity contribution in [3.05, 3.63) is 47.8 Å². The molecule has 0 aromatic heterocycles. The third-order valence-electron chi connectivity index (χ3n) is 3.09. The highest BCUT2D eigenvalue weighted by Gasteiger charge is 2.08. The van der Waals surface area contributed by atoms with Crippen LogP contribution >= 0.6 is 12.2 Å². The van der Waals surface area contributed by atoms with E-state index in [1.807, 2.05) is 0 Å². The molecule has 1 aromatic rings. The quantitative estimate of drug-likeness (QED) is 0.274. The van der Waals surface area contributed by atoms with Crippen LogP contribution < -0.4 is 21.7 Å². The summed E-state index contributed by atoms with van der Waals surface area (Å²) in [5.41, 5.74) is 6.94. The number of hydrogen-bond donors (Lipinski definition) is 6. The predicted octanol–water partition coefficient (Wildman–Crippen LogP) is 0.866. The summed E-state index contributed by atoms with van der Waals surface area (Å²) in [6.07, 6.45) is 1.57. The number of benzene rings is 1. The van der Waals surface area contributed by atoms with Crippen molar-refractivity contribution in [1.29, 1.82) is 0 Å². The maximum atomic E-state index is 14.1. The zero-order valence-corrected chi connectivity index (χ0v) is 15.0. The van der Waals surface area contributed by atoms with Crippen LogP contribution in [0.25, 0.3) is 0 Å². The fourth-order valence-electron chi connectivity index (χ4n) is 1.69. The second-order valence-electron chi connectivity index (χ2n) is 4.97. The minimum Gasteiger partial charge on any atom is -0.474 e. The van der Waals surface area contributed by atoms with Crippen LogP contribution in [-0.2, 0) is 4.74 Å². The fourth-order valence-corrected chi connectivity index (χ4v) is 1.76. The van der Waals surface area contributed by atoms with Gasteiger partial charge in [0.2, 0.25) is 0 Å². The minimum atomic E-state index is -1.20. The van der Waals surface area contributed by atoms with E-state index in [-0.39, 0.29) is 23.1 Å². The third kappa shape index (κ3) is 7.05. The number of nitrogens with zero attached hydrogens (tertiary/aromatic N) is 1. The van der Waals surface area contributed by atoms with Crippen LogP contribution in [0, 0.1) is 5.82 Å². The molecule has 0 aliphatic rings. The number of aliphatic imine (C=N–C) groups is 1. The zero-order valence-electron chi connectivity index (χ0n) is 14.2. The van der Waals surface area contributed by atoms with Crippen LogP contribution in [0.5, 0.6) is 0 Å². The number of nitrogens with one attached hydrogen (secondary N) is 3. The highest BCUT2D eigenvalue weighted by Crippen LogP contribution is 2.19. The van der Waals surface area contributed by atoms with E-state index < -0.39 is 18.5 Å². The van der Waals surface area contributed by atoms with Gasteiger partial charge in [-0.3, -0.25) is 4.99 Å². The molecule has 0 fully saturated rings. The Hall–Kier alpha value is -2.69. The Morgan fingerprint density at radius 2 is 2.19 bits per heavy atom. The molecule has 142 valence electrons. The summed E-state index contributed by atoms with van der Waals surface area (Å²) in [5.74, 6) is -0.543. The molecule has 10 heteroatoms. The average molecular weight is 383 g/mol. The molecule has 0 saturated carbocycles. The van der Waals surface area contributed by atoms with Crippen LogP contribution in [0.15, 0.2) is 47.0 Å². The summed E-state index contributed by atoms with van der Waals surface area (Å²) in [4.78, 5) is 3.56.